The molecule has 23 heavy (non-hydrogen) atoms. The molecule has 0 spiro atoms. The van der Waals surface area contributed by atoms with Crippen molar-refractivity contribution in [2.24, 2.45) is 0 Å². The minimum Gasteiger partial charge on any atom is -0.490 e. The van der Waals surface area contributed by atoms with Crippen LogP contribution in [0.3, 0.4) is 0 Å². The molecule has 1 saturated carbocycles. The SMILES string of the molecule is CNc1cc(C2CCC(Oc3ccc(C(F)(F)F)cc3)C2)[nH]n1. The van der Waals surface area contributed by atoms with Crippen LogP contribution in [0.5, 0.6) is 5.75 Å². The molecule has 1 heterocycles. The highest BCUT2D eigenvalue weighted by Gasteiger charge is 2.31. The van der Waals surface area contributed by atoms with E-state index in [0.717, 1.165) is 42.9 Å². The van der Waals surface area contributed by atoms with E-state index in [4.69, 9.17) is 4.74 Å². The quantitative estimate of drug-likeness (QED) is 0.886. The molecule has 2 aromatic rings. The lowest BCUT2D eigenvalue weighted by Gasteiger charge is -2.14. The van der Waals surface area contributed by atoms with Gasteiger partial charge in [0.05, 0.1) is 11.7 Å². The maximum absolute atomic E-state index is 12.5. The first-order chi connectivity index (χ1) is 11.0. The summed E-state index contributed by atoms with van der Waals surface area (Å²) in [6.45, 7) is 0. The van der Waals surface area contributed by atoms with Gasteiger partial charge in [-0.1, -0.05) is 0 Å². The van der Waals surface area contributed by atoms with Crippen molar-refractivity contribution in [2.75, 3.05) is 12.4 Å². The summed E-state index contributed by atoms with van der Waals surface area (Å²) >= 11 is 0. The number of aromatic amines is 1. The topological polar surface area (TPSA) is 49.9 Å². The Balaban J connectivity index is 1.59. The van der Waals surface area contributed by atoms with Gasteiger partial charge in [-0.15, -0.1) is 0 Å². The predicted octanol–water partition coefficient (Wildman–Crippen LogP) is 4.19. The molecule has 4 nitrogen and oxygen atoms in total. The van der Waals surface area contributed by atoms with Crippen molar-refractivity contribution in [2.45, 2.75) is 37.5 Å². The Kier molecular flexibility index (Phi) is 4.19. The monoisotopic (exact) mass is 325 g/mol. The van der Waals surface area contributed by atoms with E-state index in [1.165, 1.54) is 12.1 Å². The van der Waals surface area contributed by atoms with Gasteiger partial charge in [0.2, 0.25) is 0 Å². The lowest BCUT2D eigenvalue weighted by molar-refractivity contribution is -0.137. The third-order valence-corrected chi connectivity index (χ3v) is 4.16. The summed E-state index contributed by atoms with van der Waals surface area (Å²) in [5.41, 5.74) is 0.402. The fourth-order valence-corrected chi connectivity index (χ4v) is 2.92. The summed E-state index contributed by atoms with van der Waals surface area (Å²) < 4.78 is 43.4. The molecular weight excluding hydrogens is 307 g/mol. The Morgan fingerprint density at radius 3 is 2.57 bits per heavy atom. The number of ether oxygens (including phenoxy) is 1. The molecule has 0 radical (unpaired) electrons. The predicted molar refractivity (Wildman–Crippen MR) is 80.6 cm³/mol. The Labute approximate surface area is 132 Å². The van der Waals surface area contributed by atoms with Crippen molar-refractivity contribution in [3.8, 4) is 5.75 Å². The third-order valence-electron chi connectivity index (χ3n) is 4.16. The molecule has 3 rings (SSSR count). The number of benzene rings is 1. The Morgan fingerprint density at radius 2 is 1.96 bits per heavy atom. The molecule has 1 aromatic carbocycles. The van der Waals surface area contributed by atoms with Crippen LogP contribution < -0.4 is 10.1 Å². The summed E-state index contributed by atoms with van der Waals surface area (Å²) in [4.78, 5) is 0. The van der Waals surface area contributed by atoms with Gasteiger partial charge in [0.1, 0.15) is 11.6 Å². The van der Waals surface area contributed by atoms with Crippen molar-refractivity contribution in [1.82, 2.24) is 10.2 Å². The molecule has 0 saturated heterocycles. The molecule has 2 N–H and O–H groups in total. The van der Waals surface area contributed by atoms with Gasteiger partial charge in [0, 0.05) is 24.7 Å². The number of hydrogen-bond acceptors (Lipinski definition) is 3. The number of hydrogen-bond donors (Lipinski definition) is 2. The molecule has 0 aliphatic heterocycles. The van der Waals surface area contributed by atoms with Crippen LogP contribution in [-0.2, 0) is 6.18 Å². The zero-order valence-corrected chi connectivity index (χ0v) is 12.7. The van der Waals surface area contributed by atoms with E-state index in [1.54, 1.807) is 0 Å². The van der Waals surface area contributed by atoms with Crippen molar-refractivity contribution in [1.29, 1.82) is 0 Å². The fraction of sp³-hybridized carbons (Fsp3) is 0.438. The summed E-state index contributed by atoms with van der Waals surface area (Å²) in [5, 5.41) is 10.1. The second kappa shape index (κ2) is 6.14. The second-order valence-corrected chi connectivity index (χ2v) is 5.73. The standard InChI is InChI=1S/C16H18F3N3O/c1-20-15-9-14(21-22-15)10-2-5-13(8-10)23-12-6-3-11(4-7-12)16(17,18)19/h3-4,6-7,9-10,13H,2,5,8H2,1H3,(H2,20,21,22). The smallest absolute Gasteiger partial charge is 0.416 e. The van der Waals surface area contributed by atoms with Gasteiger partial charge in [0.15, 0.2) is 0 Å². The second-order valence-electron chi connectivity index (χ2n) is 5.73. The highest BCUT2D eigenvalue weighted by atomic mass is 19.4. The minimum absolute atomic E-state index is 0.0121. The number of rotatable bonds is 4. The van der Waals surface area contributed by atoms with Gasteiger partial charge in [0.25, 0.3) is 0 Å². The van der Waals surface area contributed by atoms with Crippen LogP contribution in [0.1, 0.15) is 36.4 Å². The molecule has 7 heteroatoms. The van der Waals surface area contributed by atoms with E-state index in [-0.39, 0.29) is 6.10 Å². The summed E-state index contributed by atoms with van der Waals surface area (Å²) in [6.07, 6.45) is -1.64. The minimum atomic E-state index is -4.32. The van der Waals surface area contributed by atoms with E-state index in [1.807, 2.05) is 13.1 Å². The fourth-order valence-electron chi connectivity index (χ4n) is 2.92. The lowest BCUT2D eigenvalue weighted by atomic mass is 10.0. The maximum Gasteiger partial charge on any atom is 0.416 e. The summed E-state index contributed by atoms with van der Waals surface area (Å²) in [5.74, 6) is 1.61. The Hall–Kier alpha value is -2.18. The van der Waals surface area contributed by atoms with Crippen LogP contribution in [0.15, 0.2) is 30.3 Å². The normalized spacial score (nSPS) is 21.4. The molecule has 1 fully saturated rings. The van der Waals surface area contributed by atoms with Gasteiger partial charge in [-0.3, -0.25) is 5.10 Å². The van der Waals surface area contributed by atoms with Crippen LogP contribution in [0.2, 0.25) is 0 Å². The summed E-state index contributed by atoms with van der Waals surface area (Å²) in [6, 6.07) is 6.84. The van der Waals surface area contributed by atoms with Gasteiger partial charge in [-0.05, 0) is 43.5 Å². The average molecular weight is 325 g/mol. The average Bonchev–Trinajstić information content (AvgIpc) is 3.15. The van der Waals surface area contributed by atoms with Gasteiger partial charge in [-0.25, -0.2) is 0 Å². The lowest BCUT2D eigenvalue weighted by Crippen LogP contribution is -2.12. The van der Waals surface area contributed by atoms with Gasteiger partial charge >= 0.3 is 6.18 Å². The highest BCUT2D eigenvalue weighted by Crippen LogP contribution is 2.37. The highest BCUT2D eigenvalue weighted by molar-refractivity contribution is 5.35. The van der Waals surface area contributed by atoms with Gasteiger partial charge < -0.3 is 10.1 Å². The van der Waals surface area contributed by atoms with Crippen LogP contribution >= 0.6 is 0 Å². The number of H-pyrrole nitrogens is 1. The first-order valence-electron chi connectivity index (χ1n) is 7.52. The molecule has 0 amide bonds. The van der Waals surface area contributed by atoms with E-state index in [2.05, 4.69) is 15.5 Å². The van der Waals surface area contributed by atoms with Crippen molar-refractivity contribution in [3.05, 3.63) is 41.6 Å². The van der Waals surface area contributed by atoms with Crippen LogP contribution in [-0.4, -0.2) is 23.3 Å². The zero-order chi connectivity index (χ0) is 16.4. The molecule has 0 bridgehead atoms. The first kappa shape index (κ1) is 15.7. The Bertz CT molecular complexity index is 651. The number of aromatic nitrogens is 2. The van der Waals surface area contributed by atoms with Crippen molar-refractivity contribution < 1.29 is 17.9 Å². The Morgan fingerprint density at radius 1 is 1.22 bits per heavy atom. The van der Waals surface area contributed by atoms with E-state index < -0.39 is 11.7 Å². The third kappa shape index (κ3) is 3.60. The van der Waals surface area contributed by atoms with Gasteiger partial charge in [-0.2, -0.15) is 18.3 Å². The summed E-state index contributed by atoms with van der Waals surface area (Å²) in [7, 11) is 1.81. The first-order valence-corrected chi connectivity index (χ1v) is 7.52. The van der Waals surface area contributed by atoms with Crippen LogP contribution in [0.25, 0.3) is 0 Å². The number of nitrogens with zero attached hydrogens (tertiary/aromatic N) is 1. The number of anilines is 1. The molecule has 1 aromatic heterocycles. The number of nitrogens with one attached hydrogen (secondary N) is 2. The van der Waals surface area contributed by atoms with Crippen LogP contribution in [0.4, 0.5) is 19.0 Å². The molecule has 2 atom stereocenters. The zero-order valence-electron chi connectivity index (χ0n) is 12.7. The maximum atomic E-state index is 12.5. The molecule has 2 unspecified atom stereocenters. The number of alkyl halides is 3. The largest absolute Gasteiger partial charge is 0.490 e. The number of halogens is 3. The molecular formula is C16H18F3N3O. The van der Waals surface area contributed by atoms with E-state index in [9.17, 15) is 13.2 Å². The van der Waals surface area contributed by atoms with E-state index >= 15 is 0 Å². The molecule has 1 aliphatic carbocycles. The van der Waals surface area contributed by atoms with E-state index in [0.29, 0.717) is 11.7 Å². The molecule has 124 valence electrons. The van der Waals surface area contributed by atoms with Crippen LogP contribution in [0, 0.1) is 0 Å². The van der Waals surface area contributed by atoms with Crippen molar-refractivity contribution in [3.63, 3.8) is 0 Å². The van der Waals surface area contributed by atoms with Crippen molar-refractivity contribution >= 4 is 5.82 Å². The molecule has 1 aliphatic rings.